The van der Waals surface area contributed by atoms with E-state index in [4.69, 9.17) is 16.2 Å². The number of carbonyl (C=O) groups is 2. The van der Waals surface area contributed by atoms with E-state index in [9.17, 15) is 19.7 Å². The first-order chi connectivity index (χ1) is 8.93. The van der Waals surface area contributed by atoms with Gasteiger partial charge in [0.15, 0.2) is 12.4 Å². The number of rotatable bonds is 5. The van der Waals surface area contributed by atoms with Crippen molar-refractivity contribution in [1.29, 1.82) is 0 Å². The highest BCUT2D eigenvalue weighted by Gasteiger charge is 2.17. The second-order valence-electron chi connectivity index (χ2n) is 3.46. The molecule has 1 rings (SSSR count). The minimum absolute atomic E-state index is 0.0955. The molecule has 0 radical (unpaired) electrons. The summed E-state index contributed by atoms with van der Waals surface area (Å²) in [7, 11) is 0. The van der Waals surface area contributed by atoms with Gasteiger partial charge in [-0.15, -0.1) is 0 Å². The summed E-state index contributed by atoms with van der Waals surface area (Å²) in [6, 6.07) is 3.09. The van der Waals surface area contributed by atoms with E-state index in [1.54, 1.807) is 5.32 Å². The van der Waals surface area contributed by atoms with Gasteiger partial charge < -0.3 is 16.2 Å². The lowest BCUT2D eigenvalue weighted by Gasteiger charge is -2.07. The second kappa shape index (κ2) is 6.31. The highest BCUT2D eigenvalue weighted by atomic mass is 16.6. The molecule has 0 aromatic heterocycles. The van der Waals surface area contributed by atoms with E-state index in [2.05, 4.69) is 0 Å². The number of nitrogens with two attached hydrogens (primary N) is 2. The molecule has 9 heteroatoms. The first-order valence-corrected chi connectivity index (χ1v) is 5.13. The molecule has 0 heterocycles. The Morgan fingerprint density at radius 3 is 2.63 bits per heavy atom. The number of carbonyl (C=O) groups excluding carboxylic acids is 2. The zero-order valence-corrected chi connectivity index (χ0v) is 9.79. The molecule has 0 saturated carbocycles. The SMILES string of the molecule is NCc1ccc(OCC(=O)NC(N)=O)c([N+](=O)[O-])c1. The van der Waals surface area contributed by atoms with Gasteiger partial charge in [0, 0.05) is 12.6 Å². The standard InChI is InChI=1S/C10H12N4O5/c11-4-6-1-2-8(7(3-6)14(17)18)19-5-9(15)13-10(12)16/h1-3H,4-5,11H2,(H3,12,13,15,16). The molecule has 1 aromatic rings. The Labute approximate surface area is 107 Å². The fraction of sp³-hybridized carbons (Fsp3) is 0.200. The van der Waals surface area contributed by atoms with Gasteiger partial charge in [-0.1, -0.05) is 6.07 Å². The first-order valence-electron chi connectivity index (χ1n) is 5.13. The van der Waals surface area contributed by atoms with Crippen LogP contribution in [0, 0.1) is 10.1 Å². The average Bonchev–Trinajstić information content (AvgIpc) is 2.35. The maximum absolute atomic E-state index is 11.1. The molecule has 0 fully saturated rings. The Balaban J connectivity index is 2.80. The van der Waals surface area contributed by atoms with Gasteiger partial charge in [0.2, 0.25) is 0 Å². The van der Waals surface area contributed by atoms with Crippen molar-refractivity contribution in [3.05, 3.63) is 33.9 Å². The number of amides is 3. The molecular formula is C10H12N4O5. The van der Waals surface area contributed by atoms with E-state index in [0.717, 1.165) is 0 Å². The number of nitro benzene ring substituents is 1. The normalized spacial score (nSPS) is 9.74. The van der Waals surface area contributed by atoms with E-state index < -0.39 is 23.5 Å². The molecule has 5 N–H and O–H groups in total. The molecule has 0 spiro atoms. The minimum atomic E-state index is -1.03. The van der Waals surface area contributed by atoms with Crippen molar-refractivity contribution in [3.8, 4) is 5.75 Å². The summed E-state index contributed by atoms with van der Waals surface area (Å²) in [5.41, 5.74) is 10.3. The number of hydrogen-bond acceptors (Lipinski definition) is 6. The maximum atomic E-state index is 11.1. The van der Waals surface area contributed by atoms with Crippen molar-refractivity contribution in [3.63, 3.8) is 0 Å². The smallest absolute Gasteiger partial charge is 0.318 e. The van der Waals surface area contributed by atoms with Crippen molar-refractivity contribution < 1.29 is 19.2 Å². The van der Waals surface area contributed by atoms with E-state index in [1.165, 1.54) is 18.2 Å². The number of benzene rings is 1. The summed E-state index contributed by atoms with van der Waals surface area (Å²) in [4.78, 5) is 31.7. The highest BCUT2D eigenvalue weighted by Crippen LogP contribution is 2.27. The molecule has 0 saturated heterocycles. The van der Waals surface area contributed by atoms with Crippen molar-refractivity contribution in [2.75, 3.05) is 6.61 Å². The Kier molecular flexibility index (Phi) is 4.77. The molecule has 0 aliphatic rings. The Morgan fingerprint density at radius 1 is 1.42 bits per heavy atom. The van der Waals surface area contributed by atoms with Crippen LogP contribution < -0.4 is 21.5 Å². The van der Waals surface area contributed by atoms with Crippen LogP contribution in [0.5, 0.6) is 5.75 Å². The van der Waals surface area contributed by atoms with Crippen LogP contribution >= 0.6 is 0 Å². The average molecular weight is 268 g/mol. The van der Waals surface area contributed by atoms with Gasteiger partial charge in [0.05, 0.1) is 4.92 Å². The molecule has 0 bridgehead atoms. The van der Waals surface area contributed by atoms with Gasteiger partial charge in [-0.2, -0.15) is 0 Å². The molecule has 3 amide bonds. The number of nitrogens with zero attached hydrogens (tertiary/aromatic N) is 1. The van der Waals surface area contributed by atoms with Crippen LogP contribution in [-0.2, 0) is 11.3 Å². The number of primary amides is 1. The van der Waals surface area contributed by atoms with Crippen molar-refractivity contribution in [2.24, 2.45) is 11.5 Å². The number of nitrogens with one attached hydrogen (secondary N) is 1. The van der Waals surface area contributed by atoms with Crippen LogP contribution in [0.4, 0.5) is 10.5 Å². The van der Waals surface area contributed by atoms with Crippen LogP contribution in [0.15, 0.2) is 18.2 Å². The number of nitro groups is 1. The third-order valence-electron chi connectivity index (χ3n) is 2.08. The molecule has 0 aliphatic heterocycles. The van der Waals surface area contributed by atoms with Crippen LogP contribution in [0.25, 0.3) is 0 Å². The third kappa shape index (κ3) is 4.24. The fourth-order valence-electron chi connectivity index (χ4n) is 1.27. The summed E-state index contributed by atoms with van der Waals surface area (Å²) < 4.78 is 4.96. The lowest BCUT2D eigenvalue weighted by Crippen LogP contribution is -2.38. The number of imide groups is 1. The van der Waals surface area contributed by atoms with Gasteiger partial charge in [0.25, 0.3) is 5.91 Å². The van der Waals surface area contributed by atoms with E-state index in [-0.39, 0.29) is 18.0 Å². The number of hydrogen-bond donors (Lipinski definition) is 3. The lowest BCUT2D eigenvalue weighted by atomic mass is 10.2. The Morgan fingerprint density at radius 2 is 2.11 bits per heavy atom. The monoisotopic (exact) mass is 268 g/mol. The van der Waals surface area contributed by atoms with Crippen LogP contribution in [0.2, 0.25) is 0 Å². The zero-order chi connectivity index (χ0) is 14.4. The third-order valence-corrected chi connectivity index (χ3v) is 2.08. The number of ether oxygens (including phenoxy) is 1. The largest absolute Gasteiger partial charge is 0.477 e. The van der Waals surface area contributed by atoms with Gasteiger partial charge in [-0.3, -0.25) is 20.2 Å². The summed E-state index contributed by atoms with van der Waals surface area (Å²) in [6.07, 6.45) is 0. The lowest BCUT2D eigenvalue weighted by molar-refractivity contribution is -0.385. The van der Waals surface area contributed by atoms with Crippen molar-refractivity contribution in [2.45, 2.75) is 6.54 Å². The van der Waals surface area contributed by atoms with Gasteiger partial charge >= 0.3 is 11.7 Å². The molecule has 9 nitrogen and oxygen atoms in total. The first kappa shape index (κ1) is 14.4. The molecule has 1 aromatic carbocycles. The van der Waals surface area contributed by atoms with E-state index in [1.807, 2.05) is 0 Å². The highest BCUT2D eigenvalue weighted by molar-refractivity contribution is 5.94. The Hall–Kier alpha value is -2.68. The molecule has 0 unspecified atom stereocenters. The predicted octanol–water partition coefficient (Wildman–Crippen LogP) is -0.373. The Bertz CT molecular complexity index is 517. The molecule has 0 atom stereocenters. The summed E-state index contributed by atoms with van der Waals surface area (Å²) in [5, 5.41) is 12.6. The van der Waals surface area contributed by atoms with Gasteiger partial charge in [-0.25, -0.2) is 4.79 Å². The van der Waals surface area contributed by atoms with Crippen molar-refractivity contribution >= 4 is 17.6 Å². The van der Waals surface area contributed by atoms with Gasteiger partial charge in [-0.05, 0) is 11.6 Å². The molecule has 0 aliphatic carbocycles. The van der Waals surface area contributed by atoms with Crippen LogP contribution in [-0.4, -0.2) is 23.5 Å². The summed E-state index contributed by atoms with van der Waals surface area (Å²) >= 11 is 0. The maximum Gasteiger partial charge on any atom is 0.318 e. The summed E-state index contributed by atoms with van der Waals surface area (Å²) in [6.45, 7) is -0.422. The summed E-state index contributed by atoms with van der Waals surface area (Å²) in [5.74, 6) is -0.897. The molecule has 102 valence electrons. The van der Waals surface area contributed by atoms with E-state index >= 15 is 0 Å². The number of urea groups is 1. The quantitative estimate of drug-likeness (QED) is 0.489. The van der Waals surface area contributed by atoms with Crippen molar-refractivity contribution in [1.82, 2.24) is 5.32 Å². The minimum Gasteiger partial charge on any atom is -0.477 e. The predicted molar refractivity (Wildman–Crippen MR) is 64.2 cm³/mol. The van der Waals surface area contributed by atoms with Gasteiger partial charge in [0.1, 0.15) is 0 Å². The molecule has 19 heavy (non-hydrogen) atoms. The topological polar surface area (TPSA) is 151 Å². The second-order valence-corrected chi connectivity index (χ2v) is 3.46. The molecular weight excluding hydrogens is 256 g/mol. The van der Waals surface area contributed by atoms with Crippen LogP contribution in [0.3, 0.4) is 0 Å². The van der Waals surface area contributed by atoms with Crippen LogP contribution in [0.1, 0.15) is 5.56 Å². The zero-order valence-electron chi connectivity index (χ0n) is 9.79. The fourth-order valence-corrected chi connectivity index (χ4v) is 1.27. The van der Waals surface area contributed by atoms with E-state index in [0.29, 0.717) is 5.56 Å².